The Kier molecular flexibility index (Phi) is 3.34. The zero-order valence-electron chi connectivity index (χ0n) is 7.51. The van der Waals surface area contributed by atoms with Gasteiger partial charge in [0.25, 0.3) is 0 Å². The minimum absolute atomic E-state index is 0.300. The molecule has 1 aromatic carbocycles. The van der Waals surface area contributed by atoms with E-state index >= 15 is 0 Å². The Morgan fingerprint density at radius 2 is 2.20 bits per heavy atom. The average molecular weight is 307 g/mol. The van der Waals surface area contributed by atoms with Crippen molar-refractivity contribution in [2.24, 2.45) is 0 Å². The molecule has 2 aromatic rings. The van der Waals surface area contributed by atoms with Gasteiger partial charge in [-0.25, -0.2) is 4.98 Å². The molecule has 0 amide bonds. The fraction of sp³-hybridized carbons (Fsp3) is 0.100. The normalized spacial score (nSPS) is 10.6. The van der Waals surface area contributed by atoms with Crippen LogP contribution in [0.5, 0.6) is 0 Å². The SMILES string of the molecule is ClCc1ncoc1-c1cccc(Br)c1Cl. The molecule has 0 saturated heterocycles. The molecule has 2 nitrogen and oxygen atoms in total. The van der Waals surface area contributed by atoms with E-state index in [-0.39, 0.29) is 0 Å². The minimum atomic E-state index is 0.300. The summed E-state index contributed by atoms with van der Waals surface area (Å²) in [5.74, 6) is 0.922. The molecule has 2 rings (SSSR count). The summed E-state index contributed by atoms with van der Waals surface area (Å²) < 4.78 is 6.09. The molecule has 15 heavy (non-hydrogen) atoms. The van der Waals surface area contributed by atoms with Gasteiger partial charge >= 0.3 is 0 Å². The second-order valence-corrected chi connectivity index (χ2v) is 4.36. The van der Waals surface area contributed by atoms with E-state index in [4.69, 9.17) is 27.6 Å². The molecular weight excluding hydrogens is 301 g/mol. The monoisotopic (exact) mass is 305 g/mol. The van der Waals surface area contributed by atoms with E-state index in [2.05, 4.69) is 20.9 Å². The molecule has 0 aliphatic rings. The van der Waals surface area contributed by atoms with Crippen LogP contribution in [0.4, 0.5) is 0 Å². The van der Waals surface area contributed by atoms with Crippen LogP contribution in [0.2, 0.25) is 5.02 Å². The first-order chi connectivity index (χ1) is 7.24. The van der Waals surface area contributed by atoms with Crippen molar-refractivity contribution in [3.63, 3.8) is 0 Å². The van der Waals surface area contributed by atoms with Crippen LogP contribution in [0, 0.1) is 0 Å². The maximum absolute atomic E-state index is 6.14. The Morgan fingerprint density at radius 1 is 1.40 bits per heavy atom. The maximum atomic E-state index is 6.14. The molecular formula is C10H6BrCl2NO. The molecule has 0 radical (unpaired) electrons. The molecule has 0 atom stereocenters. The summed E-state index contributed by atoms with van der Waals surface area (Å²) in [6.45, 7) is 0. The largest absolute Gasteiger partial charge is 0.443 e. The highest BCUT2D eigenvalue weighted by atomic mass is 79.9. The van der Waals surface area contributed by atoms with Crippen LogP contribution in [0.1, 0.15) is 5.69 Å². The van der Waals surface area contributed by atoms with Crippen LogP contribution in [0.15, 0.2) is 33.5 Å². The molecule has 0 aliphatic carbocycles. The van der Waals surface area contributed by atoms with E-state index in [9.17, 15) is 0 Å². The molecule has 0 bridgehead atoms. The van der Waals surface area contributed by atoms with Crippen LogP contribution in [0.3, 0.4) is 0 Å². The van der Waals surface area contributed by atoms with Crippen LogP contribution < -0.4 is 0 Å². The van der Waals surface area contributed by atoms with Gasteiger partial charge in [0.15, 0.2) is 12.2 Å². The number of benzene rings is 1. The van der Waals surface area contributed by atoms with Crippen molar-refractivity contribution in [3.05, 3.63) is 39.8 Å². The minimum Gasteiger partial charge on any atom is -0.443 e. The number of aromatic nitrogens is 1. The summed E-state index contributed by atoms with van der Waals surface area (Å²) in [6, 6.07) is 5.61. The second kappa shape index (κ2) is 4.56. The number of hydrogen-bond donors (Lipinski definition) is 0. The summed E-state index contributed by atoms with van der Waals surface area (Å²) in [5.41, 5.74) is 1.48. The predicted octanol–water partition coefficient (Wildman–Crippen LogP) is 4.50. The van der Waals surface area contributed by atoms with Gasteiger partial charge in [0.1, 0.15) is 5.69 Å². The highest BCUT2D eigenvalue weighted by Crippen LogP contribution is 2.35. The number of halogens is 3. The zero-order valence-corrected chi connectivity index (χ0v) is 10.6. The third kappa shape index (κ3) is 2.05. The summed E-state index contributed by atoms with van der Waals surface area (Å²) in [4.78, 5) is 4.01. The summed E-state index contributed by atoms with van der Waals surface area (Å²) in [6.07, 6.45) is 1.37. The molecule has 0 aliphatic heterocycles. The van der Waals surface area contributed by atoms with Crippen LogP contribution in [-0.2, 0) is 5.88 Å². The Labute approximate surface area is 105 Å². The van der Waals surface area contributed by atoms with E-state index in [1.165, 1.54) is 6.39 Å². The van der Waals surface area contributed by atoms with Crippen LogP contribution in [-0.4, -0.2) is 4.98 Å². The molecule has 0 saturated carbocycles. The molecule has 1 heterocycles. The van der Waals surface area contributed by atoms with Gasteiger partial charge in [-0.15, -0.1) is 11.6 Å². The van der Waals surface area contributed by atoms with Gasteiger partial charge in [0.05, 0.1) is 10.9 Å². The molecule has 0 fully saturated rings. The Morgan fingerprint density at radius 3 is 2.93 bits per heavy atom. The summed E-state index contributed by atoms with van der Waals surface area (Å²) in [7, 11) is 0. The number of rotatable bonds is 2. The van der Waals surface area contributed by atoms with Crippen molar-refractivity contribution in [1.82, 2.24) is 4.98 Å². The van der Waals surface area contributed by atoms with E-state index in [1.807, 2.05) is 18.2 Å². The number of nitrogens with zero attached hydrogens (tertiary/aromatic N) is 1. The van der Waals surface area contributed by atoms with E-state index in [0.29, 0.717) is 22.4 Å². The fourth-order valence-corrected chi connectivity index (χ4v) is 2.03. The lowest BCUT2D eigenvalue weighted by molar-refractivity contribution is 0.571. The lowest BCUT2D eigenvalue weighted by Gasteiger charge is -2.03. The smallest absolute Gasteiger partial charge is 0.181 e. The number of hydrogen-bond acceptors (Lipinski definition) is 2. The van der Waals surface area contributed by atoms with Crippen molar-refractivity contribution in [2.45, 2.75) is 5.88 Å². The lowest BCUT2D eigenvalue weighted by atomic mass is 10.1. The first-order valence-corrected chi connectivity index (χ1v) is 5.87. The third-order valence-electron chi connectivity index (χ3n) is 1.96. The van der Waals surface area contributed by atoms with Crippen molar-refractivity contribution >= 4 is 39.1 Å². The molecule has 0 spiro atoms. The van der Waals surface area contributed by atoms with Crippen LogP contribution in [0.25, 0.3) is 11.3 Å². The molecule has 0 N–H and O–H groups in total. The third-order valence-corrected chi connectivity index (χ3v) is 3.51. The van der Waals surface area contributed by atoms with Gasteiger partial charge in [0, 0.05) is 10.0 Å². The predicted molar refractivity (Wildman–Crippen MR) is 64.2 cm³/mol. The van der Waals surface area contributed by atoms with Gasteiger partial charge in [0.2, 0.25) is 0 Å². The van der Waals surface area contributed by atoms with Crippen molar-refractivity contribution in [3.8, 4) is 11.3 Å². The Balaban J connectivity index is 2.59. The highest BCUT2D eigenvalue weighted by molar-refractivity contribution is 9.10. The van der Waals surface area contributed by atoms with Gasteiger partial charge < -0.3 is 4.42 Å². The van der Waals surface area contributed by atoms with Gasteiger partial charge in [-0.1, -0.05) is 17.7 Å². The second-order valence-electron chi connectivity index (χ2n) is 2.86. The van der Waals surface area contributed by atoms with E-state index in [1.54, 1.807) is 0 Å². The van der Waals surface area contributed by atoms with Crippen LogP contribution >= 0.6 is 39.1 Å². The zero-order chi connectivity index (χ0) is 10.8. The quantitative estimate of drug-likeness (QED) is 0.764. The molecule has 78 valence electrons. The molecule has 0 unspecified atom stereocenters. The van der Waals surface area contributed by atoms with Gasteiger partial charge in [-0.3, -0.25) is 0 Å². The summed E-state index contributed by atoms with van der Waals surface area (Å²) in [5, 5.41) is 0.598. The van der Waals surface area contributed by atoms with Gasteiger partial charge in [-0.2, -0.15) is 0 Å². The fourth-order valence-electron chi connectivity index (χ4n) is 1.26. The molecule has 1 aromatic heterocycles. The topological polar surface area (TPSA) is 26.0 Å². The number of oxazole rings is 1. The number of alkyl halides is 1. The van der Waals surface area contributed by atoms with Crippen molar-refractivity contribution < 1.29 is 4.42 Å². The summed E-state index contributed by atoms with van der Waals surface area (Å²) >= 11 is 15.2. The molecule has 5 heteroatoms. The standard InChI is InChI=1S/C10H6BrCl2NO/c11-7-3-1-2-6(9(7)13)10-8(4-12)14-5-15-10/h1-3,5H,4H2. The van der Waals surface area contributed by atoms with Crippen molar-refractivity contribution in [1.29, 1.82) is 0 Å². The maximum Gasteiger partial charge on any atom is 0.181 e. The van der Waals surface area contributed by atoms with E-state index in [0.717, 1.165) is 10.0 Å². The lowest BCUT2D eigenvalue weighted by Crippen LogP contribution is -1.84. The first-order valence-electron chi connectivity index (χ1n) is 4.16. The Bertz CT molecular complexity index is 484. The first kappa shape index (κ1) is 11.0. The Hall–Kier alpha value is -0.510. The van der Waals surface area contributed by atoms with Gasteiger partial charge in [-0.05, 0) is 28.1 Å². The average Bonchev–Trinajstić information content (AvgIpc) is 2.70. The van der Waals surface area contributed by atoms with E-state index < -0.39 is 0 Å². The van der Waals surface area contributed by atoms with Crippen molar-refractivity contribution in [2.75, 3.05) is 0 Å². The highest BCUT2D eigenvalue weighted by Gasteiger charge is 2.14.